The number of carbonyl (C=O) groups excluding carboxylic acids is 1. The zero-order chi connectivity index (χ0) is 24.7. The molecular formula is C23H21F2N5O4S. The summed E-state index contributed by atoms with van der Waals surface area (Å²) < 4.78 is 63.3. The molecule has 4 aromatic rings. The van der Waals surface area contributed by atoms with Crippen molar-refractivity contribution in [3.05, 3.63) is 83.0 Å². The van der Waals surface area contributed by atoms with Gasteiger partial charge in [0.15, 0.2) is 10.7 Å². The Morgan fingerprint density at radius 2 is 2.09 bits per heavy atom. The normalized spacial score (nSPS) is 16.7. The summed E-state index contributed by atoms with van der Waals surface area (Å²) in [6, 6.07) is 7.91. The van der Waals surface area contributed by atoms with Gasteiger partial charge in [0, 0.05) is 24.3 Å². The van der Waals surface area contributed by atoms with Crippen LogP contribution in [0.25, 0.3) is 5.52 Å². The van der Waals surface area contributed by atoms with Gasteiger partial charge in [-0.3, -0.25) is 9.69 Å². The number of aryl methyl sites for hydroxylation is 1. The molecule has 0 bridgehead atoms. The van der Waals surface area contributed by atoms with Gasteiger partial charge < -0.3 is 4.52 Å². The second kappa shape index (κ2) is 8.86. The van der Waals surface area contributed by atoms with Crippen LogP contribution in [-0.4, -0.2) is 40.5 Å². The lowest BCUT2D eigenvalue weighted by atomic mass is 10.0. The van der Waals surface area contributed by atoms with Crippen molar-refractivity contribution in [3.63, 3.8) is 0 Å². The first-order valence-electron chi connectivity index (χ1n) is 10.9. The minimum atomic E-state index is -4.36. The van der Waals surface area contributed by atoms with Gasteiger partial charge in [-0.05, 0) is 56.6 Å². The van der Waals surface area contributed by atoms with E-state index < -0.39 is 33.6 Å². The minimum Gasteiger partial charge on any atom is -0.360 e. The topological polar surface area (TPSA) is 110 Å². The molecule has 1 aliphatic heterocycles. The van der Waals surface area contributed by atoms with Crippen LogP contribution in [-0.2, 0) is 16.6 Å². The number of benzene rings is 1. The second-order valence-electron chi connectivity index (χ2n) is 8.33. The Bertz CT molecular complexity index is 1530. The third-order valence-electron chi connectivity index (χ3n) is 6.08. The van der Waals surface area contributed by atoms with Crippen molar-refractivity contribution in [3.8, 4) is 0 Å². The Balaban J connectivity index is 1.42. The number of pyridine rings is 1. The van der Waals surface area contributed by atoms with Gasteiger partial charge in [-0.15, -0.1) is 0 Å². The summed E-state index contributed by atoms with van der Waals surface area (Å²) >= 11 is 0. The fraction of sp³-hybridized carbons (Fsp3) is 0.261. The molecule has 0 aliphatic carbocycles. The number of fused-ring (bicyclic) bond motifs is 1. The standard InChI is InChI=1S/C23H21F2N5O4S/c1-14-22(35(32,33)28-23(31)17-12-26-30-10-3-2-5-21(17)30)19(27-34-14)13-29-9-4-6-20(29)16-11-15(24)7-8-18(16)25/h2-3,5,7-8,10-12,20H,4,6,9,13H2,1H3,(H,28,31)/t20-/m1/s1. The highest BCUT2D eigenvalue weighted by molar-refractivity contribution is 7.90. The number of halogens is 2. The van der Waals surface area contributed by atoms with Crippen LogP contribution >= 0.6 is 0 Å². The van der Waals surface area contributed by atoms with Gasteiger partial charge in [-0.25, -0.2) is 26.4 Å². The fourth-order valence-corrected chi connectivity index (χ4v) is 5.81. The van der Waals surface area contributed by atoms with Crippen LogP contribution in [0, 0.1) is 18.6 Å². The Morgan fingerprint density at radius 3 is 2.91 bits per heavy atom. The number of sulfonamides is 1. The van der Waals surface area contributed by atoms with Crippen LogP contribution in [0.3, 0.4) is 0 Å². The van der Waals surface area contributed by atoms with E-state index in [4.69, 9.17) is 4.52 Å². The Morgan fingerprint density at radius 1 is 1.26 bits per heavy atom. The molecule has 3 aromatic heterocycles. The molecule has 1 atom stereocenters. The third-order valence-corrected chi connectivity index (χ3v) is 7.59. The van der Waals surface area contributed by atoms with Crippen LogP contribution in [0.4, 0.5) is 8.78 Å². The van der Waals surface area contributed by atoms with Gasteiger partial charge in [0.25, 0.3) is 15.9 Å². The van der Waals surface area contributed by atoms with Gasteiger partial charge in [-0.1, -0.05) is 11.2 Å². The molecule has 1 saturated heterocycles. The third kappa shape index (κ3) is 4.30. The molecule has 5 rings (SSSR count). The average molecular weight is 502 g/mol. The molecule has 1 N–H and O–H groups in total. The van der Waals surface area contributed by atoms with Crippen LogP contribution < -0.4 is 4.72 Å². The first kappa shape index (κ1) is 23.1. The number of rotatable bonds is 6. The van der Waals surface area contributed by atoms with Crippen molar-refractivity contribution in [2.45, 2.75) is 37.2 Å². The summed E-state index contributed by atoms with van der Waals surface area (Å²) in [6.45, 7) is 1.97. The summed E-state index contributed by atoms with van der Waals surface area (Å²) in [6.07, 6.45) is 4.20. The highest BCUT2D eigenvalue weighted by atomic mass is 32.2. The van der Waals surface area contributed by atoms with E-state index in [2.05, 4.69) is 15.0 Å². The average Bonchev–Trinajstić information content (AvgIpc) is 3.54. The minimum absolute atomic E-state index is 0.00727. The van der Waals surface area contributed by atoms with Crippen molar-refractivity contribution in [1.82, 2.24) is 24.4 Å². The Hall–Kier alpha value is -3.64. The predicted molar refractivity (Wildman–Crippen MR) is 120 cm³/mol. The first-order valence-corrected chi connectivity index (χ1v) is 12.4. The quantitative estimate of drug-likeness (QED) is 0.431. The lowest BCUT2D eigenvalue weighted by molar-refractivity contribution is 0.0983. The van der Waals surface area contributed by atoms with Gasteiger partial charge in [0.1, 0.15) is 17.3 Å². The van der Waals surface area contributed by atoms with Crippen molar-refractivity contribution in [2.24, 2.45) is 0 Å². The van der Waals surface area contributed by atoms with E-state index >= 15 is 0 Å². The van der Waals surface area contributed by atoms with Crippen molar-refractivity contribution < 1.29 is 26.5 Å². The van der Waals surface area contributed by atoms with E-state index in [0.717, 1.165) is 18.2 Å². The largest absolute Gasteiger partial charge is 0.360 e. The molecule has 0 unspecified atom stereocenters. The fourth-order valence-electron chi connectivity index (χ4n) is 4.52. The zero-order valence-corrected chi connectivity index (χ0v) is 19.4. The molecule has 0 radical (unpaired) electrons. The van der Waals surface area contributed by atoms with E-state index in [1.54, 1.807) is 24.4 Å². The number of nitrogens with one attached hydrogen (secondary N) is 1. The maximum atomic E-state index is 14.4. The van der Waals surface area contributed by atoms with Crippen LogP contribution in [0.1, 0.15) is 46.3 Å². The maximum Gasteiger partial charge on any atom is 0.269 e. The first-order chi connectivity index (χ1) is 16.7. The number of nitrogens with zero attached hydrogens (tertiary/aromatic N) is 4. The molecule has 1 aromatic carbocycles. The van der Waals surface area contributed by atoms with E-state index in [1.807, 2.05) is 4.90 Å². The second-order valence-corrected chi connectivity index (χ2v) is 9.95. The monoisotopic (exact) mass is 501 g/mol. The van der Waals surface area contributed by atoms with Crippen LogP contribution in [0.2, 0.25) is 0 Å². The molecule has 4 heterocycles. The molecule has 1 amide bonds. The van der Waals surface area contributed by atoms with E-state index in [1.165, 1.54) is 17.6 Å². The molecule has 1 aliphatic rings. The molecular weight excluding hydrogens is 480 g/mol. The van der Waals surface area contributed by atoms with Crippen molar-refractivity contribution in [1.29, 1.82) is 0 Å². The number of likely N-dealkylation sites (tertiary alicyclic amines) is 1. The summed E-state index contributed by atoms with van der Waals surface area (Å²) in [5.74, 6) is -1.93. The lowest BCUT2D eigenvalue weighted by Gasteiger charge is -2.24. The molecule has 182 valence electrons. The molecule has 0 saturated carbocycles. The number of hydrogen-bond donors (Lipinski definition) is 1. The smallest absolute Gasteiger partial charge is 0.269 e. The SMILES string of the molecule is Cc1onc(CN2CCC[C@@H]2c2cc(F)ccc2F)c1S(=O)(=O)NC(=O)c1cnn2ccccc12. The van der Waals surface area contributed by atoms with Crippen LogP contribution in [0.15, 0.2) is 58.2 Å². The lowest BCUT2D eigenvalue weighted by Crippen LogP contribution is -2.32. The molecule has 35 heavy (non-hydrogen) atoms. The summed E-state index contributed by atoms with van der Waals surface area (Å²) in [7, 11) is -4.36. The molecule has 12 heteroatoms. The molecule has 1 fully saturated rings. The van der Waals surface area contributed by atoms with Crippen molar-refractivity contribution >= 4 is 21.4 Å². The van der Waals surface area contributed by atoms with Gasteiger partial charge in [0.2, 0.25) is 0 Å². The van der Waals surface area contributed by atoms with Gasteiger partial charge >= 0.3 is 0 Å². The summed E-state index contributed by atoms with van der Waals surface area (Å²) in [5.41, 5.74) is 0.811. The molecule has 9 nitrogen and oxygen atoms in total. The van der Waals surface area contributed by atoms with E-state index in [0.29, 0.717) is 24.9 Å². The van der Waals surface area contributed by atoms with Gasteiger partial charge in [-0.2, -0.15) is 5.10 Å². The highest BCUT2D eigenvalue weighted by Gasteiger charge is 2.34. The number of aromatic nitrogens is 3. The van der Waals surface area contributed by atoms with Crippen LogP contribution in [0.5, 0.6) is 0 Å². The Kier molecular flexibility index (Phi) is 5.85. The maximum absolute atomic E-state index is 14.4. The van der Waals surface area contributed by atoms with Crippen molar-refractivity contribution in [2.75, 3.05) is 6.54 Å². The van der Waals surface area contributed by atoms with E-state index in [9.17, 15) is 22.0 Å². The van der Waals surface area contributed by atoms with E-state index in [-0.39, 0.29) is 34.0 Å². The Labute approximate surface area is 199 Å². The zero-order valence-electron chi connectivity index (χ0n) is 18.6. The molecule has 0 spiro atoms. The summed E-state index contributed by atoms with van der Waals surface area (Å²) in [5, 5.41) is 7.95. The predicted octanol–water partition coefficient (Wildman–Crippen LogP) is 3.36. The van der Waals surface area contributed by atoms with Gasteiger partial charge in [0.05, 0.1) is 17.3 Å². The number of amides is 1. The summed E-state index contributed by atoms with van der Waals surface area (Å²) in [4.78, 5) is 14.4. The number of carbonyl (C=O) groups is 1. The number of hydrogen-bond acceptors (Lipinski definition) is 7. The highest BCUT2D eigenvalue weighted by Crippen LogP contribution is 2.36.